The third kappa shape index (κ3) is 4.59. The number of amides is 3. The van der Waals surface area contributed by atoms with Crippen molar-refractivity contribution in [1.82, 2.24) is 14.8 Å². The fraction of sp³-hybridized carbons (Fsp3) is 0.281. The highest BCUT2D eigenvalue weighted by Gasteiger charge is 2.25. The molecule has 0 atom stereocenters. The Labute approximate surface area is 232 Å². The number of carbonyl (C=O) groups excluding carboxylic acids is 3. The molecule has 0 aliphatic carbocycles. The third-order valence-electron chi connectivity index (χ3n) is 7.83. The smallest absolute Gasteiger partial charge is 0.298 e. The van der Waals surface area contributed by atoms with E-state index in [1.807, 2.05) is 35.2 Å². The van der Waals surface area contributed by atoms with Gasteiger partial charge in [-0.3, -0.25) is 14.4 Å². The van der Waals surface area contributed by atoms with Gasteiger partial charge in [0, 0.05) is 48.0 Å². The number of aromatic amines is 1. The first kappa shape index (κ1) is 25.7. The van der Waals surface area contributed by atoms with Crippen LogP contribution in [0.5, 0.6) is 0 Å². The molecule has 3 heterocycles. The van der Waals surface area contributed by atoms with Crippen LogP contribution in [-0.2, 0) is 33.7 Å². The summed E-state index contributed by atoms with van der Waals surface area (Å²) in [6.45, 7) is 5.01. The lowest BCUT2D eigenvalue weighted by atomic mass is 9.88. The second kappa shape index (κ2) is 10.5. The molecule has 4 aromatic rings. The molecule has 6 rings (SSSR count). The van der Waals surface area contributed by atoms with Gasteiger partial charge in [0.25, 0.3) is 11.8 Å². The first-order chi connectivity index (χ1) is 19.4. The molecule has 0 saturated carbocycles. The van der Waals surface area contributed by atoms with Crippen molar-refractivity contribution in [3.63, 3.8) is 0 Å². The van der Waals surface area contributed by atoms with Crippen molar-refractivity contribution in [2.75, 3.05) is 32.8 Å². The number of hydrogen-bond donors (Lipinski definition) is 2. The van der Waals surface area contributed by atoms with E-state index in [9.17, 15) is 14.4 Å². The van der Waals surface area contributed by atoms with E-state index < -0.39 is 5.91 Å². The highest BCUT2D eigenvalue weighted by Crippen LogP contribution is 2.40. The van der Waals surface area contributed by atoms with Gasteiger partial charge >= 0.3 is 0 Å². The summed E-state index contributed by atoms with van der Waals surface area (Å²) in [4.78, 5) is 44.7. The number of carbonyl (C=O) groups is 3. The van der Waals surface area contributed by atoms with Gasteiger partial charge in [-0.15, -0.1) is 0 Å². The van der Waals surface area contributed by atoms with Crippen molar-refractivity contribution >= 4 is 39.5 Å². The minimum atomic E-state index is -0.409. The van der Waals surface area contributed by atoms with E-state index in [2.05, 4.69) is 35.0 Å². The Morgan fingerprint density at radius 2 is 1.82 bits per heavy atom. The summed E-state index contributed by atoms with van der Waals surface area (Å²) in [6.07, 6.45) is 0.819. The minimum absolute atomic E-state index is 0.0227. The summed E-state index contributed by atoms with van der Waals surface area (Å²) in [6, 6.07) is 15.9. The zero-order valence-electron chi connectivity index (χ0n) is 22.4. The molecule has 1 saturated heterocycles. The lowest BCUT2D eigenvalue weighted by Crippen LogP contribution is -2.40. The lowest BCUT2D eigenvalue weighted by molar-refractivity contribution is -0.126. The second-order valence-electron chi connectivity index (χ2n) is 10.3. The van der Waals surface area contributed by atoms with Crippen LogP contribution < -0.4 is 5.73 Å². The molecule has 3 amide bonds. The predicted molar refractivity (Wildman–Crippen MR) is 153 cm³/mol. The Morgan fingerprint density at radius 3 is 2.60 bits per heavy atom. The number of benzene rings is 3. The molecule has 40 heavy (non-hydrogen) atoms. The van der Waals surface area contributed by atoms with Gasteiger partial charge < -0.3 is 25.3 Å². The van der Waals surface area contributed by atoms with Gasteiger partial charge in [0.2, 0.25) is 5.91 Å². The SMILES string of the molecule is CC#CC(=O)N1CCc2c(cccc2-c2ccc(CC(N)=O)c3[nH]c4cc(C(=O)N5CCOCC5)ccc4c23)C1. The largest absolute Gasteiger partial charge is 0.378 e. The molecule has 202 valence electrons. The van der Waals surface area contributed by atoms with Crippen molar-refractivity contribution in [2.24, 2.45) is 5.73 Å². The number of nitrogens with zero attached hydrogens (tertiary/aromatic N) is 2. The van der Waals surface area contributed by atoms with Crippen LogP contribution in [0.3, 0.4) is 0 Å². The summed E-state index contributed by atoms with van der Waals surface area (Å²) in [5.74, 6) is 4.76. The summed E-state index contributed by atoms with van der Waals surface area (Å²) >= 11 is 0. The molecule has 2 aliphatic rings. The summed E-state index contributed by atoms with van der Waals surface area (Å²) < 4.78 is 5.40. The van der Waals surface area contributed by atoms with Crippen LogP contribution in [0.2, 0.25) is 0 Å². The Kier molecular flexibility index (Phi) is 6.74. The average molecular weight is 535 g/mol. The number of rotatable bonds is 4. The molecular formula is C32H30N4O4. The minimum Gasteiger partial charge on any atom is -0.378 e. The number of hydrogen-bond acceptors (Lipinski definition) is 4. The fourth-order valence-corrected chi connectivity index (χ4v) is 5.93. The highest BCUT2D eigenvalue weighted by molar-refractivity contribution is 6.17. The van der Waals surface area contributed by atoms with Crippen LogP contribution in [-0.4, -0.2) is 65.4 Å². The molecule has 3 aromatic carbocycles. The average Bonchev–Trinajstić information content (AvgIpc) is 3.36. The molecule has 0 bridgehead atoms. The highest BCUT2D eigenvalue weighted by atomic mass is 16.5. The first-order valence-corrected chi connectivity index (χ1v) is 13.5. The van der Waals surface area contributed by atoms with Crippen molar-refractivity contribution in [3.8, 4) is 23.0 Å². The molecule has 2 aliphatic heterocycles. The summed E-state index contributed by atoms with van der Waals surface area (Å²) in [5.41, 5.74) is 13.1. The van der Waals surface area contributed by atoms with E-state index in [4.69, 9.17) is 10.5 Å². The quantitative estimate of drug-likeness (QED) is 0.391. The van der Waals surface area contributed by atoms with Crippen molar-refractivity contribution in [1.29, 1.82) is 0 Å². The normalized spacial score (nSPS) is 15.0. The van der Waals surface area contributed by atoms with Gasteiger partial charge in [0.1, 0.15) is 0 Å². The molecule has 8 nitrogen and oxygen atoms in total. The van der Waals surface area contributed by atoms with Crippen LogP contribution in [0.1, 0.15) is 34.0 Å². The summed E-state index contributed by atoms with van der Waals surface area (Å²) in [7, 11) is 0. The van der Waals surface area contributed by atoms with E-state index in [-0.39, 0.29) is 18.2 Å². The van der Waals surface area contributed by atoms with Crippen LogP contribution in [0.15, 0.2) is 48.5 Å². The van der Waals surface area contributed by atoms with Crippen LogP contribution in [0.25, 0.3) is 32.9 Å². The van der Waals surface area contributed by atoms with Crippen molar-refractivity contribution < 1.29 is 19.1 Å². The number of aromatic nitrogens is 1. The summed E-state index contributed by atoms with van der Waals surface area (Å²) in [5, 5.41) is 1.96. The van der Waals surface area contributed by atoms with Gasteiger partial charge in [0.05, 0.1) is 25.2 Å². The van der Waals surface area contributed by atoms with Gasteiger partial charge in [-0.25, -0.2) is 0 Å². The van der Waals surface area contributed by atoms with Gasteiger partial charge in [-0.2, -0.15) is 0 Å². The molecule has 3 N–H and O–H groups in total. The molecule has 0 radical (unpaired) electrons. The van der Waals surface area contributed by atoms with E-state index in [0.29, 0.717) is 51.4 Å². The van der Waals surface area contributed by atoms with Crippen molar-refractivity contribution in [2.45, 2.75) is 26.3 Å². The van der Waals surface area contributed by atoms with Gasteiger partial charge in [0.15, 0.2) is 0 Å². The van der Waals surface area contributed by atoms with E-state index in [1.54, 1.807) is 11.8 Å². The third-order valence-corrected chi connectivity index (χ3v) is 7.83. The zero-order chi connectivity index (χ0) is 27.8. The Morgan fingerprint density at radius 1 is 1.00 bits per heavy atom. The number of morpholine rings is 1. The monoisotopic (exact) mass is 534 g/mol. The van der Waals surface area contributed by atoms with E-state index >= 15 is 0 Å². The molecule has 1 aromatic heterocycles. The number of nitrogens with two attached hydrogens (primary N) is 1. The van der Waals surface area contributed by atoms with Crippen LogP contribution in [0, 0.1) is 11.8 Å². The number of H-pyrrole nitrogens is 1. The Hall–Kier alpha value is -4.61. The molecular weight excluding hydrogens is 504 g/mol. The second-order valence-corrected chi connectivity index (χ2v) is 10.3. The maximum Gasteiger partial charge on any atom is 0.298 e. The molecule has 0 spiro atoms. The molecule has 0 unspecified atom stereocenters. The van der Waals surface area contributed by atoms with Crippen molar-refractivity contribution in [3.05, 3.63) is 70.8 Å². The predicted octanol–water partition coefficient (Wildman–Crippen LogP) is 3.40. The number of ether oxygens (including phenoxy) is 1. The Bertz CT molecular complexity index is 1740. The van der Waals surface area contributed by atoms with Crippen LogP contribution >= 0.6 is 0 Å². The zero-order valence-corrected chi connectivity index (χ0v) is 22.4. The number of primary amides is 1. The topological polar surface area (TPSA) is 109 Å². The maximum atomic E-state index is 13.2. The van der Waals surface area contributed by atoms with Gasteiger partial charge in [-0.1, -0.05) is 42.3 Å². The van der Waals surface area contributed by atoms with Crippen LogP contribution in [0.4, 0.5) is 0 Å². The first-order valence-electron chi connectivity index (χ1n) is 13.5. The van der Waals surface area contributed by atoms with E-state index in [0.717, 1.165) is 44.1 Å². The number of nitrogens with one attached hydrogen (secondary N) is 1. The number of fused-ring (bicyclic) bond motifs is 4. The standard InChI is InChI=1S/C32H30N4O4/c1-2-4-29(38)36-12-11-23-22(19-36)5-3-6-24(23)25-9-7-20(18-28(33)37)31-30(25)26-10-8-21(17-27(26)34-31)32(39)35-13-15-40-16-14-35/h3,5-10,17,34H,11-16,18-19H2,1H3,(H2,33,37). The fourth-order valence-electron chi connectivity index (χ4n) is 5.93. The Balaban J connectivity index is 1.48. The maximum absolute atomic E-state index is 13.2. The molecule has 1 fully saturated rings. The molecule has 8 heteroatoms. The van der Waals surface area contributed by atoms with Gasteiger partial charge in [-0.05, 0) is 59.2 Å². The lowest BCUT2D eigenvalue weighted by Gasteiger charge is -2.29. The van der Waals surface area contributed by atoms with E-state index in [1.165, 1.54) is 5.56 Å².